The Labute approximate surface area is 127 Å². The number of nitrogens with zero attached hydrogens (tertiary/aromatic N) is 1. The Kier molecular flexibility index (Phi) is 5.94. The molecule has 22 heavy (non-hydrogen) atoms. The molecule has 1 saturated heterocycles. The minimum absolute atomic E-state index is 0.0745. The number of urea groups is 1. The van der Waals surface area contributed by atoms with Crippen LogP contribution in [0, 0.1) is 5.92 Å². The highest BCUT2D eigenvalue weighted by Crippen LogP contribution is 2.17. The lowest BCUT2D eigenvalue weighted by Gasteiger charge is -2.31. The zero-order valence-electron chi connectivity index (χ0n) is 12.2. The summed E-state index contributed by atoms with van der Waals surface area (Å²) in [6, 6.07) is 6.07. The predicted molar refractivity (Wildman–Crippen MR) is 76.7 cm³/mol. The Balaban J connectivity index is 1.81. The van der Waals surface area contributed by atoms with Crippen molar-refractivity contribution in [3.63, 3.8) is 0 Å². The van der Waals surface area contributed by atoms with Crippen LogP contribution in [-0.4, -0.2) is 42.3 Å². The van der Waals surface area contributed by atoms with Crippen LogP contribution in [0.5, 0.6) is 5.75 Å². The third kappa shape index (κ3) is 4.84. The highest BCUT2D eigenvalue weighted by molar-refractivity contribution is 5.74. The summed E-state index contributed by atoms with van der Waals surface area (Å²) in [6.07, 6.45) is 1.59. The number of halogens is 2. The van der Waals surface area contributed by atoms with Crippen LogP contribution in [0.3, 0.4) is 0 Å². The number of likely N-dealkylation sites (tertiary alicyclic amines) is 1. The number of carbonyl (C=O) groups is 1. The number of aliphatic hydroxyl groups is 1. The average Bonchev–Trinajstić information content (AvgIpc) is 2.52. The highest BCUT2D eigenvalue weighted by atomic mass is 19.3. The molecular weight excluding hydrogens is 294 g/mol. The van der Waals surface area contributed by atoms with Gasteiger partial charge in [0, 0.05) is 26.2 Å². The third-order valence-electron chi connectivity index (χ3n) is 3.73. The van der Waals surface area contributed by atoms with Crippen LogP contribution in [-0.2, 0) is 6.54 Å². The van der Waals surface area contributed by atoms with E-state index in [1.54, 1.807) is 17.0 Å². The first-order chi connectivity index (χ1) is 10.6. The molecule has 1 aromatic rings. The second-order valence-corrected chi connectivity index (χ2v) is 5.30. The topological polar surface area (TPSA) is 61.8 Å². The van der Waals surface area contributed by atoms with Crippen molar-refractivity contribution in [2.75, 3.05) is 19.7 Å². The van der Waals surface area contributed by atoms with E-state index in [0.29, 0.717) is 18.7 Å². The number of amides is 2. The number of nitrogens with one attached hydrogen (secondary N) is 1. The first-order valence-electron chi connectivity index (χ1n) is 7.26. The molecule has 0 bridgehead atoms. The van der Waals surface area contributed by atoms with Gasteiger partial charge in [-0.1, -0.05) is 12.1 Å². The molecular formula is C15H20F2N2O3. The Morgan fingerprint density at radius 2 is 2.14 bits per heavy atom. The molecule has 0 aliphatic carbocycles. The van der Waals surface area contributed by atoms with Crippen LogP contribution >= 0.6 is 0 Å². The van der Waals surface area contributed by atoms with E-state index in [0.717, 1.165) is 12.8 Å². The molecule has 1 aliphatic heterocycles. The first kappa shape index (κ1) is 16.5. The van der Waals surface area contributed by atoms with Gasteiger partial charge in [-0.25, -0.2) is 4.79 Å². The van der Waals surface area contributed by atoms with Crippen molar-refractivity contribution in [3.8, 4) is 5.75 Å². The van der Waals surface area contributed by atoms with Crippen molar-refractivity contribution in [1.82, 2.24) is 10.2 Å². The van der Waals surface area contributed by atoms with Gasteiger partial charge >= 0.3 is 12.6 Å². The van der Waals surface area contributed by atoms with Gasteiger partial charge in [0.15, 0.2) is 0 Å². The molecule has 1 aromatic carbocycles. The Morgan fingerprint density at radius 1 is 1.41 bits per heavy atom. The van der Waals surface area contributed by atoms with Crippen molar-refractivity contribution in [3.05, 3.63) is 29.8 Å². The summed E-state index contributed by atoms with van der Waals surface area (Å²) in [5.74, 6) is 0.345. The van der Waals surface area contributed by atoms with Crippen molar-refractivity contribution < 1.29 is 23.4 Å². The maximum atomic E-state index is 12.2. The van der Waals surface area contributed by atoms with Gasteiger partial charge in [0.1, 0.15) is 5.75 Å². The van der Waals surface area contributed by atoms with E-state index >= 15 is 0 Å². The zero-order valence-corrected chi connectivity index (χ0v) is 12.2. The smallest absolute Gasteiger partial charge is 0.387 e. The Hall–Kier alpha value is -1.89. The SMILES string of the molecule is O=C(NCc1cccc(OC(F)F)c1)N1CCC(CO)CC1. The Morgan fingerprint density at radius 3 is 2.77 bits per heavy atom. The maximum absolute atomic E-state index is 12.2. The molecule has 2 amide bonds. The van der Waals surface area contributed by atoms with Crippen LogP contribution in [0.25, 0.3) is 0 Å². The minimum Gasteiger partial charge on any atom is -0.435 e. The van der Waals surface area contributed by atoms with Crippen molar-refractivity contribution in [2.45, 2.75) is 26.0 Å². The van der Waals surface area contributed by atoms with Gasteiger partial charge in [-0.2, -0.15) is 8.78 Å². The summed E-state index contributed by atoms with van der Waals surface area (Å²) in [5.41, 5.74) is 0.691. The number of aliphatic hydroxyl groups excluding tert-OH is 1. The maximum Gasteiger partial charge on any atom is 0.387 e. The molecule has 5 nitrogen and oxygen atoms in total. The number of hydrogen-bond acceptors (Lipinski definition) is 3. The second-order valence-electron chi connectivity index (χ2n) is 5.30. The minimum atomic E-state index is -2.86. The molecule has 2 N–H and O–H groups in total. The number of rotatable bonds is 5. The fraction of sp³-hybridized carbons (Fsp3) is 0.533. The third-order valence-corrected chi connectivity index (χ3v) is 3.73. The molecule has 1 aliphatic rings. The quantitative estimate of drug-likeness (QED) is 0.876. The predicted octanol–water partition coefficient (Wildman–Crippen LogP) is 2.20. The van der Waals surface area contributed by atoms with Crippen LogP contribution in [0.4, 0.5) is 13.6 Å². The lowest BCUT2D eigenvalue weighted by Crippen LogP contribution is -2.44. The monoisotopic (exact) mass is 314 g/mol. The fourth-order valence-corrected chi connectivity index (χ4v) is 2.44. The number of piperidine rings is 1. The van der Waals surface area contributed by atoms with E-state index in [1.165, 1.54) is 12.1 Å². The molecule has 122 valence electrons. The van der Waals surface area contributed by atoms with Crippen molar-refractivity contribution in [1.29, 1.82) is 0 Å². The van der Waals surface area contributed by atoms with E-state index in [9.17, 15) is 13.6 Å². The number of carbonyl (C=O) groups excluding carboxylic acids is 1. The van der Waals surface area contributed by atoms with Gasteiger partial charge < -0.3 is 20.1 Å². The lowest BCUT2D eigenvalue weighted by molar-refractivity contribution is -0.0498. The molecule has 7 heteroatoms. The molecule has 2 rings (SSSR count). The summed E-state index contributed by atoms with van der Waals surface area (Å²) in [5, 5.41) is 11.8. The summed E-state index contributed by atoms with van der Waals surface area (Å²) in [6.45, 7) is -1.22. The van der Waals surface area contributed by atoms with E-state index in [4.69, 9.17) is 5.11 Å². The number of benzene rings is 1. The highest BCUT2D eigenvalue weighted by Gasteiger charge is 2.21. The van der Waals surface area contributed by atoms with Gasteiger partial charge in [-0.3, -0.25) is 0 Å². The molecule has 0 atom stereocenters. The van der Waals surface area contributed by atoms with Gasteiger partial charge in [0.2, 0.25) is 0 Å². The van der Waals surface area contributed by atoms with Gasteiger partial charge in [-0.05, 0) is 36.5 Å². The molecule has 0 aromatic heterocycles. The van der Waals surface area contributed by atoms with Gasteiger partial charge in [-0.15, -0.1) is 0 Å². The van der Waals surface area contributed by atoms with Crippen LogP contribution in [0.1, 0.15) is 18.4 Å². The summed E-state index contributed by atoms with van der Waals surface area (Å²) >= 11 is 0. The van der Waals surface area contributed by atoms with Gasteiger partial charge in [0.25, 0.3) is 0 Å². The number of hydrogen-bond donors (Lipinski definition) is 2. The summed E-state index contributed by atoms with van der Waals surface area (Å²) < 4.78 is 28.6. The summed E-state index contributed by atoms with van der Waals surface area (Å²) in [4.78, 5) is 13.7. The molecule has 0 unspecified atom stereocenters. The fourth-order valence-electron chi connectivity index (χ4n) is 2.44. The normalized spacial score (nSPS) is 15.9. The number of alkyl halides is 2. The zero-order chi connectivity index (χ0) is 15.9. The molecule has 1 fully saturated rings. The second kappa shape index (κ2) is 7.93. The molecule has 0 saturated carbocycles. The van der Waals surface area contributed by atoms with E-state index in [1.807, 2.05) is 0 Å². The molecule has 0 spiro atoms. The summed E-state index contributed by atoms with van der Waals surface area (Å²) in [7, 11) is 0. The number of ether oxygens (including phenoxy) is 1. The van der Waals surface area contributed by atoms with Crippen molar-refractivity contribution >= 4 is 6.03 Å². The van der Waals surface area contributed by atoms with E-state index < -0.39 is 6.61 Å². The first-order valence-corrected chi connectivity index (χ1v) is 7.26. The molecule has 0 radical (unpaired) electrons. The van der Waals surface area contributed by atoms with Crippen LogP contribution < -0.4 is 10.1 Å². The van der Waals surface area contributed by atoms with Crippen LogP contribution in [0.2, 0.25) is 0 Å². The average molecular weight is 314 g/mol. The Bertz CT molecular complexity index is 491. The standard InChI is InChI=1S/C15H20F2N2O3/c16-14(17)22-13-3-1-2-12(8-13)9-18-15(21)19-6-4-11(10-20)5-7-19/h1-3,8,11,14,20H,4-7,9-10H2,(H,18,21). The van der Waals surface area contributed by atoms with Gasteiger partial charge in [0.05, 0.1) is 0 Å². The molecule has 1 heterocycles. The van der Waals surface area contributed by atoms with Crippen molar-refractivity contribution in [2.24, 2.45) is 5.92 Å². The largest absolute Gasteiger partial charge is 0.435 e. The van der Waals surface area contributed by atoms with E-state index in [-0.39, 0.29) is 30.9 Å². The van der Waals surface area contributed by atoms with Crippen LogP contribution in [0.15, 0.2) is 24.3 Å². The lowest BCUT2D eigenvalue weighted by atomic mass is 9.98. The van der Waals surface area contributed by atoms with E-state index in [2.05, 4.69) is 10.1 Å².